The van der Waals surface area contributed by atoms with Gasteiger partial charge in [0.15, 0.2) is 0 Å². The summed E-state index contributed by atoms with van der Waals surface area (Å²) < 4.78 is 5.42. The summed E-state index contributed by atoms with van der Waals surface area (Å²) in [6.45, 7) is 3.79. The van der Waals surface area contributed by atoms with Gasteiger partial charge in [-0.15, -0.1) is 0 Å². The second-order valence-corrected chi connectivity index (χ2v) is 8.32. The van der Waals surface area contributed by atoms with Crippen LogP contribution in [0.5, 0.6) is 5.75 Å². The topological polar surface area (TPSA) is 44.8 Å². The average molecular weight is 372 g/mol. The molecule has 5 heteroatoms. The summed E-state index contributed by atoms with van der Waals surface area (Å²) in [6, 6.07) is 9.13. The Bertz CT molecular complexity index is 644. The fourth-order valence-corrected chi connectivity index (χ4v) is 5.35. The van der Waals surface area contributed by atoms with E-state index in [1.807, 2.05) is 12.1 Å². The number of fused-ring (bicyclic) bond motifs is 1. The van der Waals surface area contributed by atoms with Gasteiger partial charge in [-0.05, 0) is 75.2 Å². The number of urea groups is 1. The zero-order chi connectivity index (χ0) is 18.6. The minimum absolute atomic E-state index is 0.138. The van der Waals surface area contributed by atoms with E-state index in [1.54, 1.807) is 7.11 Å². The van der Waals surface area contributed by atoms with Crippen molar-refractivity contribution in [2.24, 2.45) is 5.92 Å². The van der Waals surface area contributed by atoms with Gasteiger partial charge >= 0.3 is 6.03 Å². The number of carbonyl (C=O) groups is 1. The van der Waals surface area contributed by atoms with Gasteiger partial charge in [0.05, 0.1) is 13.2 Å². The molecule has 0 radical (unpaired) electrons. The standard InChI is InChI=1S/C22H33N3O2/c1-27-19-10-4-8-18(15-19)21(24-12-2-3-13-24)16-23-22(26)25-14-6-9-17-7-5-11-20(17)25/h4,8,10,15,17,20-21H,2-3,5-7,9,11-14,16H2,1H3,(H,23,26). The summed E-state index contributed by atoms with van der Waals surface area (Å²) in [4.78, 5) is 17.6. The molecular weight excluding hydrogens is 338 g/mol. The summed E-state index contributed by atoms with van der Waals surface area (Å²) in [5.41, 5.74) is 1.23. The highest BCUT2D eigenvalue weighted by Gasteiger charge is 2.37. The van der Waals surface area contributed by atoms with Gasteiger partial charge in [-0.25, -0.2) is 4.79 Å². The number of methoxy groups -OCH3 is 1. The first-order valence-electron chi connectivity index (χ1n) is 10.7. The van der Waals surface area contributed by atoms with E-state index in [0.717, 1.165) is 37.7 Å². The first-order valence-corrected chi connectivity index (χ1v) is 10.7. The van der Waals surface area contributed by atoms with Crippen molar-refractivity contribution in [1.82, 2.24) is 15.1 Å². The largest absolute Gasteiger partial charge is 0.497 e. The molecule has 3 aliphatic rings. The molecule has 0 spiro atoms. The summed E-state index contributed by atoms with van der Waals surface area (Å²) in [5, 5.41) is 3.28. The molecule has 2 amide bonds. The first kappa shape index (κ1) is 18.6. The predicted molar refractivity (Wildman–Crippen MR) is 107 cm³/mol. The quantitative estimate of drug-likeness (QED) is 0.856. The molecule has 148 valence electrons. The van der Waals surface area contributed by atoms with Crippen molar-refractivity contribution < 1.29 is 9.53 Å². The van der Waals surface area contributed by atoms with E-state index in [0.29, 0.717) is 12.6 Å². The number of ether oxygens (including phenoxy) is 1. The summed E-state index contributed by atoms with van der Waals surface area (Å²) in [6.07, 6.45) is 8.70. The van der Waals surface area contributed by atoms with Gasteiger partial charge in [-0.1, -0.05) is 18.6 Å². The molecule has 1 aromatic rings. The van der Waals surface area contributed by atoms with Gasteiger partial charge in [-0.3, -0.25) is 4.90 Å². The van der Waals surface area contributed by atoms with Crippen LogP contribution in [0.3, 0.4) is 0 Å². The number of carbonyl (C=O) groups excluding carboxylic acids is 1. The number of rotatable bonds is 5. The van der Waals surface area contributed by atoms with Crippen LogP contribution in [-0.4, -0.2) is 55.2 Å². The van der Waals surface area contributed by atoms with Crippen LogP contribution < -0.4 is 10.1 Å². The molecule has 2 aliphatic heterocycles. The summed E-state index contributed by atoms with van der Waals surface area (Å²) in [7, 11) is 1.71. The zero-order valence-electron chi connectivity index (χ0n) is 16.5. The second-order valence-electron chi connectivity index (χ2n) is 8.32. The molecular formula is C22H33N3O2. The predicted octanol–water partition coefficient (Wildman–Crippen LogP) is 3.81. The maximum atomic E-state index is 13.0. The van der Waals surface area contributed by atoms with Crippen LogP contribution in [0.4, 0.5) is 4.79 Å². The zero-order valence-corrected chi connectivity index (χ0v) is 16.5. The molecule has 0 bridgehead atoms. The monoisotopic (exact) mass is 371 g/mol. The lowest BCUT2D eigenvalue weighted by Crippen LogP contribution is -2.51. The van der Waals surface area contributed by atoms with Gasteiger partial charge in [0.2, 0.25) is 0 Å². The normalized spacial score (nSPS) is 26.6. The molecule has 2 heterocycles. The van der Waals surface area contributed by atoms with Crippen molar-refractivity contribution in [2.75, 3.05) is 33.3 Å². The van der Waals surface area contributed by atoms with Crippen LogP contribution in [-0.2, 0) is 0 Å². The Hall–Kier alpha value is -1.75. The van der Waals surface area contributed by atoms with Crippen LogP contribution in [0.15, 0.2) is 24.3 Å². The van der Waals surface area contributed by atoms with E-state index in [1.165, 1.54) is 44.1 Å². The van der Waals surface area contributed by atoms with Crippen molar-refractivity contribution in [2.45, 2.75) is 57.0 Å². The van der Waals surface area contributed by atoms with Crippen molar-refractivity contribution in [1.29, 1.82) is 0 Å². The molecule has 1 N–H and O–H groups in total. The van der Waals surface area contributed by atoms with Gasteiger partial charge in [-0.2, -0.15) is 0 Å². The Morgan fingerprint density at radius 2 is 1.96 bits per heavy atom. The maximum absolute atomic E-state index is 13.0. The van der Waals surface area contributed by atoms with Crippen LogP contribution in [0.25, 0.3) is 0 Å². The fraction of sp³-hybridized carbons (Fsp3) is 0.682. The maximum Gasteiger partial charge on any atom is 0.317 e. The average Bonchev–Trinajstić information content (AvgIpc) is 3.40. The van der Waals surface area contributed by atoms with E-state index in [9.17, 15) is 4.79 Å². The van der Waals surface area contributed by atoms with Gasteiger partial charge in [0, 0.05) is 19.1 Å². The molecule has 5 nitrogen and oxygen atoms in total. The third-order valence-electron chi connectivity index (χ3n) is 6.76. The minimum Gasteiger partial charge on any atom is -0.497 e. The van der Waals surface area contributed by atoms with E-state index < -0.39 is 0 Å². The number of amides is 2. The lowest BCUT2D eigenvalue weighted by molar-refractivity contribution is 0.125. The number of benzene rings is 1. The minimum atomic E-state index is 0.138. The molecule has 3 atom stereocenters. The van der Waals surface area contributed by atoms with Crippen molar-refractivity contribution in [3.63, 3.8) is 0 Å². The van der Waals surface area contributed by atoms with Crippen LogP contribution >= 0.6 is 0 Å². The second kappa shape index (κ2) is 8.51. The molecule has 1 aliphatic carbocycles. The highest BCUT2D eigenvalue weighted by Crippen LogP contribution is 2.36. The number of piperidine rings is 1. The Kier molecular flexibility index (Phi) is 5.86. The molecule has 4 rings (SSSR count). The molecule has 2 saturated heterocycles. The van der Waals surface area contributed by atoms with Crippen LogP contribution in [0.2, 0.25) is 0 Å². The van der Waals surface area contributed by atoms with E-state index in [2.05, 4.69) is 27.2 Å². The molecule has 1 saturated carbocycles. The number of hydrogen-bond donors (Lipinski definition) is 1. The number of likely N-dealkylation sites (tertiary alicyclic amines) is 2. The van der Waals surface area contributed by atoms with Crippen molar-refractivity contribution >= 4 is 6.03 Å². The Balaban J connectivity index is 1.44. The van der Waals surface area contributed by atoms with E-state index >= 15 is 0 Å². The van der Waals surface area contributed by atoms with Gasteiger partial charge < -0.3 is 15.0 Å². The third-order valence-corrected chi connectivity index (χ3v) is 6.76. The lowest BCUT2D eigenvalue weighted by Gasteiger charge is -2.38. The van der Waals surface area contributed by atoms with Crippen LogP contribution in [0.1, 0.15) is 56.6 Å². The SMILES string of the molecule is COc1cccc(C(CNC(=O)N2CCCC3CCCC32)N2CCCC2)c1. The first-order chi connectivity index (χ1) is 13.3. The molecule has 1 aromatic carbocycles. The Labute approximate surface area is 163 Å². The smallest absolute Gasteiger partial charge is 0.317 e. The summed E-state index contributed by atoms with van der Waals surface area (Å²) in [5.74, 6) is 1.62. The highest BCUT2D eigenvalue weighted by molar-refractivity contribution is 5.74. The molecule has 27 heavy (non-hydrogen) atoms. The highest BCUT2D eigenvalue weighted by atomic mass is 16.5. The Morgan fingerprint density at radius 3 is 2.78 bits per heavy atom. The molecule has 3 unspecified atom stereocenters. The molecule has 3 fully saturated rings. The number of nitrogens with zero attached hydrogens (tertiary/aromatic N) is 2. The Morgan fingerprint density at radius 1 is 1.15 bits per heavy atom. The van der Waals surface area contributed by atoms with Gasteiger partial charge in [0.25, 0.3) is 0 Å². The van der Waals surface area contributed by atoms with Gasteiger partial charge in [0.1, 0.15) is 5.75 Å². The number of hydrogen-bond acceptors (Lipinski definition) is 3. The third kappa shape index (κ3) is 4.08. The lowest BCUT2D eigenvalue weighted by atomic mass is 9.92. The van der Waals surface area contributed by atoms with E-state index in [-0.39, 0.29) is 12.1 Å². The number of nitrogens with one attached hydrogen (secondary N) is 1. The van der Waals surface area contributed by atoms with Crippen molar-refractivity contribution in [3.05, 3.63) is 29.8 Å². The van der Waals surface area contributed by atoms with Crippen LogP contribution in [0, 0.1) is 5.92 Å². The fourth-order valence-electron chi connectivity index (χ4n) is 5.35. The molecule has 0 aromatic heterocycles. The van der Waals surface area contributed by atoms with Crippen molar-refractivity contribution in [3.8, 4) is 5.75 Å². The van der Waals surface area contributed by atoms with E-state index in [4.69, 9.17) is 4.74 Å². The summed E-state index contributed by atoms with van der Waals surface area (Å²) >= 11 is 0.